The Morgan fingerprint density at radius 3 is 1.69 bits per heavy atom. The fourth-order valence-corrected chi connectivity index (χ4v) is 5.86. The smallest absolute Gasteiger partial charge is 0.273 e. The number of hydrogen-bond acceptors (Lipinski definition) is 4. The number of rotatable bonds is 8. The summed E-state index contributed by atoms with van der Waals surface area (Å²) in [5.41, 5.74) is 4.05. The van der Waals surface area contributed by atoms with Gasteiger partial charge in [0.2, 0.25) is 0 Å². The van der Waals surface area contributed by atoms with Crippen LogP contribution in [-0.4, -0.2) is 46.8 Å². The Bertz CT molecular complexity index is 1320. The molecule has 1 heterocycles. The molecule has 0 aromatic heterocycles. The highest BCUT2D eigenvalue weighted by molar-refractivity contribution is 5.95. The van der Waals surface area contributed by atoms with Crippen molar-refractivity contribution in [1.82, 2.24) is 9.80 Å². The number of amides is 1. The molecule has 1 fully saturated rings. The number of piperazine rings is 1. The van der Waals surface area contributed by atoms with Crippen molar-refractivity contribution >= 4 is 11.6 Å². The molecule has 0 N–H and O–H groups in total. The number of nitrogens with zero attached hydrogens (tertiary/aromatic N) is 3. The first kappa shape index (κ1) is 26.3. The first-order valence-electron chi connectivity index (χ1n) is 13.5. The van der Waals surface area contributed by atoms with E-state index in [-0.39, 0.29) is 16.5 Å². The van der Waals surface area contributed by atoms with Gasteiger partial charge in [-0.05, 0) is 29.2 Å². The average molecular weight is 520 g/mol. The van der Waals surface area contributed by atoms with Gasteiger partial charge in [-0.25, -0.2) is 0 Å². The zero-order valence-electron chi connectivity index (χ0n) is 22.2. The van der Waals surface area contributed by atoms with E-state index >= 15 is 0 Å². The van der Waals surface area contributed by atoms with Gasteiger partial charge in [0, 0.05) is 43.4 Å². The Labute approximate surface area is 229 Å². The lowest BCUT2D eigenvalue weighted by Gasteiger charge is -2.49. The van der Waals surface area contributed by atoms with Gasteiger partial charge in [0.15, 0.2) is 0 Å². The van der Waals surface area contributed by atoms with Gasteiger partial charge in [-0.2, -0.15) is 0 Å². The van der Waals surface area contributed by atoms with Gasteiger partial charge in [0.25, 0.3) is 11.6 Å². The molecule has 4 aromatic rings. The van der Waals surface area contributed by atoms with Crippen LogP contribution in [0.15, 0.2) is 109 Å². The van der Waals surface area contributed by atoms with Crippen LogP contribution in [0.4, 0.5) is 5.69 Å². The standard InChI is InChI=1S/C33H33N3O3/c1-2-12-26-19-20-27(25-31(26)36(38)39)32(37)34-21-23-35(24-22-34)33(28-13-6-3-7-14-28,29-15-8-4-9-16-29)30-17-10-5-11-18-30/h3-11,13-20,25H,2,12,21-24H2,1H3. The predicted octanol–water partition coefficient (Wildman–Crippen LogP) is 6.30. The van der Waals surface area contributed by atoms with Crippen LogP contribution in [-0.2, 0) is 12.0 Å². The number of benzene rings is 4. The maximum atomic E-state index is 13.5. The molecule has 1 saturated heterocycles. The Kier molecular flexibility index (Phi) is 7.84. The molecule has 0 saturated carbocycles. The first-order chi connectivity index (χ1) is 19.1. The molecule has 0 bridgehead atoms. The van der Waals surface area contributed by atoms with Crippen LogP contribution in [0, 0.1) is 10.1 Å². The molecule has 0 atom stereocenters. The maximum absolute atomic E-state index is 13.5. The number of nitro groups is 1. The predicted molar refractivity (Wildman–Crippen MR) is 154 cm³/mol. The molecule has 0 unspecified atom stereocenters. The van der Waals surface area contributed by atoms with Crippen molar-refractivity contribution in [1.29, 1.82) is 0 Å². The Morgan fingerprint density at radius 1 is 0.769 bits per heavy atom. The van der Waals surface area contributed by atoms with E-state index in [1.165, 1.54) is 22.8 Å². The third-order valence-electron chi connectivity index (χ3n) is 7.66. The summed E-state index contributed by atoms with van der Waals surface area (Å²) in [5.74, 6) is -0.162. The van der Waals surface area contributed by atoms with Crippen LogP contribution in [0.2, 0.25) is 0 Å². The molecular weight excluding hydrogens is 486 g/mol. The van der Waals surface area contributed by atoms with Gasteiger partial charge in [-0.1, -0.05) is 110 Å². The summed E-state index contributed by atoms with van der Waals surface area (Å²) in [6.07, 6.45) is 1.42. The highest BCUT2D eigenvalue weighted by Crippen LogP contribution is 2.42. The highest BCUT2D eigenvalue weighted by Gasteiger charge is 2.43. The summed E-state index contributed by atoms with van der Waals surface area (Å²) < 4.78 is 0. The lowest BCUT2D eigenvalue weighted by Crippen LogP contribution is -2.57. The fraction of sp³-hybridized carbons (Fsp3) is 0.242. The molecule has 198 valence electrons. The van der Waals surface area contributed by atoms with E-state index in [0.29, 0.717) is 43.7 Å². The van der Waals surface area contributed by atoms with Crippen molar-refractivity contribution in [3.8, 4) is 0 Å². The van der Waals surface area contributed by atoms with Gasteiger partial charge in [-0.15, -0.1) is 0 Å². The lowest BCUT2D eigenvalue weighted by atomic mass is 9.75. The van der Waals surface area contributed by atoms with E-state index in [1.54, 1.807) is 12.1 Å². The van der Waals surface area contributed by atoms with Crippen LogP contribution in [0.3, 0.4) is 0 Å². The van der Waals surface area contributed by atoms with Crippen LogP contribution in [0.25, 0.3) is 0 Å². The van der Waals surface area contributed by atoms with E-state index in [0.717, 1.165) is 6.42 Å². The van der Waals surface area contributed by atoms with Crippen molar-refractivity contribution in [3.05, 3.63) is 147 Å². The van der Waals surface area contributed by atoms with Gasteiger partial charge < -0.3 is 4.90 Å². The topological polar surface area (TPSA) is 66.7 Å². The second kappa shape index (κ2) is 11.6. The maximum Gasteiger partial charge on any atom is 0.273 e. The molecule has 1 aliphatic rings. The summed E-state index contributed by atoms with van der Waals surface area (Å²) in [6, 6.07) is 36.5. The number of aryl methyl sites for hydroxylation is 1. The number of carbonyl (C=O) groups is 1. The van der Waals surface area contributed by atoms with Crippen LogP contribution in [0.1, 0.15) is 46.0 Å². The van der Waals surface area contributed by atoms with Gasteiger partial charge in [0.05, 0.1) is 10.5 Å². The highest BCUT2D eigenvalue weighted by atomic mass is 16.6. The zero-order valence-corrected chi connectivity index (χ0v) is 22.2. The van der Waals surface area contributed by atoms with E-state index in [1.807, 2.05) is 30.0 Å². The SMILES string of the molecule is CCCc1ccc(C(=O)N2CCN(C(c3ccccc3)(c3ccccc3)c3ccccc3)CC2)cc1[N+](=O)[O-]. The van der Waals surface area contributed by atoms with Gasteiger partial charge in [-0.3, -0.25) is 19.8 Å². The zero-order chi connectivity index (χ0) is 27.2. The minimum atomic E-state index is -0.528. The third-order valence-corrected chi connectivity index (χ3v) is 7.66. The summed E-state index contributed by atoms with van der Waals surface area (Å²) >= 11 is 0. The van der Waals surface area contributed by atoms with E-state index < -0.39 is 5.54 Å². The molecule has 1 amide bonds. The molecule has 0 aliphatic carbocycles. The first-order valence-corrected chi connectivity index (χ1v) is 13.5. The lowest BCUT2D eigenvalue weighted by molar-refractivity contribution is -0.385. The fourth-order valence-electron chi connectivity index (χ4n) is 5.86. The largest absolute Gasteiger partial charge is 0.336 e. The van der Waals surface area contributed by atoms with E-state index in [2.05, 4.69) is 77.7 Å². The second-order valence-corrected chi connectivity index (χ2v) is 9.94. The number of hydrogen-bond donors (Lipinski definition) is 0. The normalized spacial score (nSPS) is 14.2. The van der Waals surface area contributed by atoms with Crippen molar-refractivity contribution in [2.24, 2.45) is 0 Å². The quantitative estimate of drug-likeness (QED) is 0.156. The Balaban J connectivity index is 1.48. The van der Waals surface area contributed by atoms with Gasteiger partial charge >= 0.3 is 0 Å². The summed E-state index contributed by atoms with van der Waals surface area (Å²) in [7, 11) is 0. The molecule has 1 aliphatic heterocycles. The molecule has 4 aromatic carbocycles. The molecule has 39 heavy (non-hydrogen) atoms. The minimum Gasteiger partial charge on any atom is -0.336 e. The minimum absolute atomic E-state index is 0.0255. The van der Waals surface area contributed by atoms with Crippen molar-refractivity contribution in [3.63, 3.8) is 0 Å². The van der Waals surface area contributed by atoms with Gasteiger partial charge in [0.1, 0.15) is 0 Å². The number of nitro benzene ring substituents is 1. The average Bonchev–Trinajstić information content (AvgIpc) is 2.99. The summed E-state index contributed by atoms with van der Waals surface area (Å²) in [6.45, 7) is 4.35. The molecule has 5 rings (SSSR count). The van der Waals surface area contributed by atoms with E-state index in [4.69, 9.17) is 0 Å². The molecular formula is C33H33N3O3. The van der Waals surface area contributed by atoms with Crippen molar-refractivity contribution in [2.75, 3.05) is 26.2 Å². The number of carbonyl (C=O) groups excluding carboxylic acids is 1. The van der Waals surface area contributed by atoms with Crippen LogP contribution >= 0.6 is 0 Å². The molecule has 0 spiro atoms. The van der Waals surface area contributed by atoms with Crippen LogP contribution in [0.5, 0.6) is 0 Å². The monoisotopic (exact) mass is 519 g/mol. The molecule has 6 nitrogen and oxygen atoms in total. The molecule has 6 heteroatoms. The van der Waals surface area contributed by atoms with E-state index in [9.17, 15) is 14.9 Å². The Hall–Kier alpha value is -4.29. The molecule has 0 radical (unpaired) electrons. The van der Waals surface area contributed by atoms with Crippen molar-refractivity contribution in [2.45, 2.75) is 25.3 Å². The van der Waals surface area contributed by atoms with Crippen molar-refractivity contribution < 1.29 is 9.72 Å². The Morgan fingerprint density at radius 2 is 1.26 bits per heavy atom. The second-order valence-electron chi connectivity index (χ2n) is 9.94. The summed E-state index contributed by atoms with van der Waals surface area (Å²) in [4.78, 5) is 29.1. The van der Waals surface area contributed by atoms with Crippen LogP contribution < -0.4 is 0 Å². The third kappa shape index (κ3) is 5.08. The summed E-state index contributed by atoms with van der Waals surface area (Å²) in [5, 5.41) is 11.7.